The van der Waals surface area contributed by atoms with Crippen LogP contribution in [0.3, 0.4) is 0 Å². The van der Waals surface area contributed by atoms with Gasteiger partial charge in [-0.2, -0.15) is 0 Å². The Bertz CT molecular complexity index is 983. The van der Waals surface area contributed by atoms with Gasteiger partial charge in [0, 0.05) is 46.7 Å². The van der Waals surface area contributed by atoms with E-state index < -0.39 is 0 Å². The molecule has 0 amide bonds. The molecule has 1 aliphatic heterocycles. The molecule has 0 aliphatic carbocycles. The van der Waals surface area contributed by atoms with E-state index in [1.165, 1.54) is 0 Å². The number of nitrogens with zero attached hydrogens (tertiary/aromatic N) is 2. The highest BCUT2D eigenvalue weighted by Gasteiger charge is 2.26. The number of benzene rings is 2. The number of ketones is 1. The molecule has 0 unspecified atom stereocenters. The second-order valence-corrected chi connectivity index (χ2v) is 7.84. The summed E-state index contributed by atoms with van der Waals surface area (Å²) in [6.07, 6.45) is 5.62. The normalized spacial score (nSPS) is 15.2. The van der Waals surface area contributed by atoms with Crippen LogP contribution in [0.25, 0.3) is 10.9 Å². The van der Waals surface area contributed by atoms with E-state index >= 15 is 0 Å². The molecule has 1 fully saturated rings. The van der Waals surface area contributed by atoms with Crippen LogP contribution in [0.2, 0.25) is 0 Å². The Hall–Kier alpha value is -2.27. The van der Waals surface area contributed by atoms with Crippen molar-refractivity contribution in [3.8, 4) is 0 Å². The lowest BCUT2D eigenvalue weighted by molar-refractivity contribution is 0.0900. The molecule has 1 aliphatic rings. The number of anilines is 1. The minimum Gasteiger partial charge on any atom is -0.371 e. The second kappa shape index (κ2) is 7.77. The van der Waals surface area contributed by atoms with Gasteiger partial charge in [0.15, 0.2) is 5.78 Å². The van der Waals surface area contributed by atoms with Gasteiger partial charge in [-0.15, -0.1) is 11.8 Å². The average Bonchev–Trinajstić information content (AvgIpc) is 2.73. The van der Waals surface area contributed by atoms with E-state index in [0.29, 0.717) is 0 Å². The predicted molar refractivity (Wildman–Crippen MR) is 115 cm³/mol. The van der Waals surface area contributed by atoms with Crippen molar-refractivity contribution in [1.29, 1.82) is 0 Å². The van der Waals surface area contributed by atoms with E-state index in [9.17, 15) is 4.79 Å². The Morgan fingerprint density at radius 3 is 2.74 bits per heavy atom. The maximum absolute atomic E-state index is 12.9. The standard InChI is InChI=1S/C22H21BN2OS/c1-27-18-4-2-3-16(13-18)22(26)15-8-11-25(12-9-15)21-7-10-24-20-6-5-17(23)14-19(20)21/h2-7,10,13-15H,8-9,11-12H2,1H3. The minimum absolute atomic E-state index is 0.0940. The highest BCUT2D eigenvalue weighted by atomic mass is 32.2. The fourth-order valence-electron chi connectivity index (χ4n) is 3.82. The number of hydrogen-bond donors (Lipinski definition) is 0. The summed E-state index contributed by atoms with van der Waals surface area (Å²) >= 11 is 1.67. The number of Topliss-reactive ketones (excluding diaryl/α,β-unsaturated/α-hetero) is 1. The van der Waals surface area contributed by atoms with Crippen LogP contribution in [0.1, 0.15) is 23.2 Å². The summed E-state index contributed by atoms with van der Waals surface area (Å²) in [5.74, 6) is 0.367. The molecule has 27 heavy (non-hydrogen) atoms. The molecule has 2 radical (unpaired) electrons. The zero-order chi connectivity index (χ0) is 18.8. The molecule has 1 aromatic heterocycles. The van der Waals surface area contributed by atoms with Crippen molar-refractivity contribution in [2.75, 3.05) is 24.2 Å². The minimum atomic E-state index is 0.0940. The monoisotopic (exact) mass is 372 g/mol. The van der Waals surface area contributed by atoms with Gasteiger partial charge in [0.1, 0.15) is 7.85 Å². The Morgan fingerprint density at radius 2 is 1.96 bits per heavy atom. The summed E-state index contributed by atoms with van der Waals surface area (Å²) in [5.41, 5.74) is 3.69. The second-order valence-electron chi connectivity index (χ2n) is 6.96. The van der Waals surface area contributed by atoms with Gasteiger partial charge < -0.3 is 4.90 Å². The first-order chi connectivity index (χ1) is 13.2. The van der Waals surface area contributed by atoms with E-state index in [1.807, 2.05) is 61.0 Å². The lowest BCUT2D eigenvalue weighted by Gasteiger charge is -2.33. The van der Waals surface area contributed by atoms with Crippen LogP contribution in [-0.2, 0) is 0 Å². The third-order valence-electron chi connectivity index (χ3n) is 5.30. The molecule has 3 nitrogen and oxygen atoms in total. The Labute approximate surface area is 165 Å². The van der Waals surface area contributed by atoms with E-state index in [-0.39, 0.29) is 11.7 Å². The topological polar surface area (TPSA) is 33.2 Å². The zero-order valence-corrected chi connectivity index (χ0v) is 16.2. The SMILES string of the molecule is [B]c1ccc2nccc(N3CCC(C(=O)c4cccc(SC)c4)CC3)c2c1. The molecule has 0 bridgehead atoms. The highest BCUT2D eigenvalue weighted by Crippen LogP contribution is 2.30. The number of carbonyl (C=O) groups excluding carboxylic acids is 1. The fraction of sp³-hybridized carbons (Fsp3) is 0.273. The maximum Gasteiger partial charge on any atom is 0.166 e. The van der Waals surface area contributed by atoms with E-state index in [1.54, 1.807) is 11.8 Å². The number of thioether (sulfide) groups is 1. The molecule has 0 spiro atoms. The van der Waals surface area contributed by atoms with Gasteiger partial charge in [0.05, 0.1) is 5.52 Å². The van der Waals surface area contributed by atoms with Crippen molar-refractivity contribution in [2.45, 2.75) is 17.7 Å². The number of fused-ring (bicyclic) bond motifs is 1. The number of carbonyl (C=O) groups is 1. The summed E-state index contributed by atoms with van der Waals surface area (Å²) in [6, 6.07) is 15.8. The van der Waals surface area contributed by atoms with Gasteiger partial charge in [-0.1, -0.05) is 29.7 Å². The van der Waals surface area contributed by atoms with Crippen LogP contribution in [0.4, 0.5) is 5.69 Å². The third kappa shape index (κ3) is 3.74. The lowest BCUT2D eigenvalue weighted by Crippen LogP contribution is -2.36. The largest absolute Gasteiger partial charge is 0.371 e. The molecule has 4 rings (SSSR count). The molecule has 2 aromatic carbocycles. The number of hydrogen-bond acceptors (Lipinski definition) is 4. The Kier molecular flexibility index (Phi) is 5.21. The summed E-state index contributed by atoms with van der Waals surface area (Å²) in [7, 11) is 5.98. The zero-order valence-electron chi connectivity index (χ0n) is 15.4. The van der Waals surface area contributed by atoms with E-state index in [2.05, 4.69) is 9.88 Å². The number of piperidine rings is 1. The van der Waals surface area contributed by atoms with Crippen molar-refractivity contribution in [3.63, 3.8) is 0 Å². The van der Waals surface area contributed by atoms with Crippen LogP contribution in [-0.4, -0.2) is 38.0 Å². The molecular weight excluding hydrogens is 351 g/mol. The highest BCUT2D eigenvalue weighted by molar-refractivity contribution is 7.98. The number of rotatable bonds is 4. The van der Waals surface area contributed by atoms with Gasteiger partial charge in [-0.25, -0.2) is 0 Å². The van der Waals surface area contributed by atoms with Crippen molar-refractivity contribution in [3.05, 3.63) is 60.3 Å². The van der Waals surface area contributed by atoms with Crippen molar-refractivity contribution in [1.82, 2.24) is 4.98 Å². The summed E-state index contributed by atoms with van der Waals surface area (Å²) in [5, 5.41) is 1.08. The molecule has 0 saturated carbocycles. The first-order valence-electron chi connectivity index (χ1n) is 9.23. The Balaban J connectivity index is 1.51. The molecule has 5 heteroatoms. The van der Waals surface area contributed by atoms with Crippen molar-refractivity contribution >= 4 is 47.4 Å². The molecule has 0 atom stereocenters. The van der Waals surface area contributed by atoms with Crippen LogP contribution < -0.4 is 10.4 Å². The molecule has 3 aromatic rings. The number of pyridine rings is 1. The number of aromatic nitrogens is 1. The summed E-state index contributed by atoms with van der Waals surface area (Å²) in [4.78, 5) is 20.8. The predicted octanol–water partition coefficient (Wildman–Crippen LogP) is 3.85. The van der Waals surface area contributed by atoms with Crippen molar-refractivity contribution < 1.29 is 4.79 Å². The van der Waals surface area contributed by atoms with Crippen LogP contribution in [0.5, 0.6) is 0 Å². The first-order valence-corrected chi connectivity index (χ1v) is 10.5. The van der Waals surface area contributed by atoms with Gasteiger partial charge in [-0.05, 0) is 43.4 Å². The summed E-state index contributed by atoms with van der Waals surface area (Å²) < 4.78 is 0. The van der Waals surface area contributed by atoms with Gasteiger partial charge >= 0.3 is 0 Å². The fourth-order valence-corrected chi connectivity index (χ4v) is 4.28. The molecule has 134 valence electrons. The lowest BCUT2D eigenvalue weighted by atomic mass is 9.88. The van der Waals surface area contributed by atoms with Crippen molar-refractivity contribution in [2.24, 2.45) is 5.92 Å². The molecule has 0 N–H and O–H groups in total. The van der Waals surface area contributed by atoms with E-state index in [4.69, 9.17) is 7.85 Å². The first kappa shape index (κ1) is 18.1. The van der Waals surface area contributed by atoms with Crippen LogP contribution in [0, 0.1) is 5.92 Å². The van der Waals surface area contributed by atoms with Crippen LogP contribution >= 0.6 is 11.8 Å². The molecule has 1 saturated heterocycles. The average molecular weight is 372 g/mol. The smallest absolute Gasteiger partial charge is 0.166 e. The molecular formula is C22H21BN2OS. The van der Waals surface area contributed by atoms with Gasteiger partial charge in [0.2, 0.25) is 0 Å². The Morgan fingerprint density at radius 1 is 1.15 bits per heavy atom. The quantitative estimate of drug-likeness (QED) is 0.396. The maximum atomic E-state index is 12.9. The third-order valence-corrected chi connectivity index (χ3v) is 6.03. The van der Waals surface area contributed by atoms with Crippen LogP contribution in [0.15, 0.2) is 59.6 Å². The summed E-state index contributed by atoms with van der Waals surface area (Å²) in [6.45, 7) is 1.74. The van der Waals surface area contributed by atoms with Gasteiger partial charge in [-0.3, -0.25) is 9.78 Å². The van der Waals surface area contributed by atoms with E-state index in [0.717, 1.165) is 58.4 Å². The van der Waals surface area contributed by atoms with Gasteiger partial charge in [0.25, 0.3) is 0 Å². The molecule has 2 heterocycles.